The third-order valence-electron chi connectivity index (χ3n) is 5.10. The normalized spacial score (nSPS) is 25.0. The first-order chi connectivity index (χ1) is 11.8. The lowest BCUT2D eigenvalue weighted by molar-refractivity contribution is 0.222. The number of benzene rings is 1. The third kappa shape index (κ3) is 4.44. The summed E-state index contributed by atoms with van der Waals surface area (Å²) in [4.78, 5) is 5.31. The maximum Gasteiger partial charge on any atom is 0.119 e. The van der Waals surface area contributed by atoms with Crippen molar-refractivity contribution in [3.05, 3.63) is 29.8 Å². The molecule has 0 radical (unpaired) electrons. The van der Waals surface area contributed by atoms with Gasteiger partial charge in [0.1, 0.15) is 5.75 Å². The first-order valence-electron chi connectivity index (χ1n) is 8.92. The van der Waals surface area contributed by atoms with Gasteiger partial charge >= 0.3 is 0 Å². The molecule has 0 amide bonds. The predicted molar refractivity (Wildman–Crippen MR) is 99.6 cm³/mol. The lowest BCUT2D eigenvalue weighted by atomic mass is 10.2. The molecule has 24 heavy (non-hydrogen) atoms. The largest absolute Gasteiger partial charge is 0.494 e. The molecule has 2 atom stereocenters. The SMILES string of the molecule is CS[C@H]1CN(CCCOc2ccc(C#N)cc2)C[C@H]1N1CCCC1. The fraction of sp³-hybridized carbons (Fsp3) is 0.632. The molecule has 130 valence electrons. The topological polar surface area (TPSA) is 39.5 Å². The Morgan fingerprint density at radius 2 is 1.96 bits per heavy atom. The number of ether oxygens (including phenoxy) is 1. The molecule has 0 N–H and O–H groups in total. The molecule has 2 fully saturated rings. The third-order valence-corrected chi connectivity index (χ3v) is 6.16. The van der Waals surface area contributed by atoms with E-state index in [1.807, 2.05) is 23.9 Å². The van der Waals surface area contributed by atoms with Gasteiger partial charge in [-0.1, -0.05) is 0 Å². The number of hydrogen-bond donors (Lipinski definition) is 0. The Kier molecular flexibility index (Phi) is 6.42. The van der Waals surface area contributed by atoms with Gasteiger partial charge < -0.3 is 9.64 Å². The number of rotatable bonds is 7. The number of likely N-dealkylation sites (tertiary alicyclic amines) is 2. The summed E-state index contributed by atoms with van der Waals surface area (Å²) in [6, 6.07) is 10.2. The van der Waals surface area contributed by atoms with Crippen LogP contribution in [-0.4, -0.2) is 66.7 Å². The Hall–Kier alpha value is -1.22. The quantitative estimate of drug-likeness (QED) is 0.711. The molecule has 4 nitrogen and oxygen atoms in total. The average molecular weight is 346 g/mol. The van der Waals surface area contributed by atoms with Crippen LogP contribution in [0, 0.1) is 11.3 Å². The van der Waals surface area contributed by atoms with Crippen LogP contribution in [0.4, 0.5) is 0 Å². The number of nitrogens with zero attached hydrogens (tertiary/aromatic N) is 3. The van der Waals surface area contributed by atoms with Crippen LogP contribution in [-0.2, 0) is 0 Å². The lowest BCUT2D eigenvalue weighted by Gasteiger charge is -2.27. The average Bonchev–Trinajstić information content (AvgIpc) is 3.28. The van der Waals surface area contributed by atoms with Crippen LogP contribution in [0.5, 0.6) is 5.75 Å². The molecular formula is C19H27N3OS. The fourth-order valence-corrected chi connectivity index (χ4v) is 4.71. The standard InChI is InChI=1S/C19H27N3OS/c1-24-19-15-21(14-18(19)22-10-2-3-11-22)9-4-12-23-17-7-5-16(13-20)6-8-17/h5-8,18-19H,2-4,9-12,14-15H2,1H3/t18-,19+/m1/s1. The summed E-state index contributed by atoms with van der Waals surface area (Å²) >= 11 is 2.03. The van der Waals surface area contributed by atoms with Gasteiger partial charge in [0.2, 0.25) is 0 Å². The summed E-state index contributed by atoms with van der Waals surface area (Å²) in [5.41, 5.74) is 0.676. The van der Waals surface area contributed by atoms with E-state index in [9.17, 15) is 0 Å². The number of nitriles is 1. The van der Waals surface area contributed by atoms with E-state index in [0.29, 0.717) is 5.56 Å². The highest BCUT2D eigenvalue weighted by Crippen LogP contribution is 2.27. The van der Waals surface area contributed by atoms with Crippen LogP contribution >= 0.6 is 11.8 Å². The van der Waals surface area contributed by atoms with Crippen LogP contribution in [0.3, 0.4) is 0 Å². The van der Waals surface area contributed by atoms with Gasteiger partial charge in [-0.05, 0) is 62.9 Å². The Balaban J connectivity index is 1.39. The van der Waals surface area contributed by atoms with Gasteiger partial charge in [-0.25, -0.2) is 0 Å². The second kappa shape index (κ2) is 8.75. The molecule has 0 spiro atoms. The van der Waals surface area contributed by atoms with Crippen molar-refractivity contribution in [2.45, 2.75) is 30.6 Å². The van der Waals surface area contributed by atoms with E-state index in [2.05, 4.69) is 22.1 Å². The van der Waals surface area contributed by atoms with Gasteiger partial charge in [-0.3, -0.25) is 4.90 Å². The molecule has 2 heterocycles. The van der Waals surface area contributed by atoms with Crippen molar-refractivity contribution in [1.29, 1.82) is 5.26 Å². The molecule has 3 rings (SSSR count). The van der Waals surface area contributed by atoms with Crippen LogP contribution < -0.4 is 4.74 Å². The van der Waals surface area contributed by atoms with Crippen molar-refractivity contribution in [2.24, 2.45) is 0 Å². The second-order valence-corrected chi connectivity index (χ2v) is 7.76. The zero-order chi connectivity index (χ0) is 16.8. The van der Waals surface area contributed by atoms with Crippen molar-refractivity contribution >= 4 is 11.8 Å². The van der Waals surface area contributed by atoms with Crippen LogP contribution in [0.2, 0.25) is 0 Å². The number of thioether (sulfide) groups is 1. The van der Waals surface area contributed by atoms with Crippen molar-refractivity contribution < 1.29 is 4.74 Å². The lowest BCUT2D eigenvalue weighted by Crippen LogP contribution is -2.40. The molecule has 2 aliphatic rings. The summed E-state index contributed by atoms with van der Waals surface area (Å²) in [5.74, 6) is 0.854. The first-order valence-corrected chi connectivity index (χ1v) is 10.2. The minimum atomic E-state index is 0.676. The number of hydrogen-bond acceptors (Lipinski definition) is 5. The zero-order valence-corrected chi connectivity index (χ0v) is 15.3. The molecule has 0 aromatic heterocycles. The van der Waals surface area contributed by atoms with E-state index >= 15 is 0 Å². The minimum Gasteiger partial charge on any atom is -0.494 e. The fourth-order valence-electron chi connectivity index (χ4n) is 3.77. The summed E-state index contributed by atoms with van der Waals surface area (Å²) in [6.07, 6.45) is 6.05. The summed E-state index contributed by atoms with van der Waals surface area (Å²) in [7, 11) is 0. The first kappa shape index (κ1) is 17.6. The van der Waals surface area contributed by atoms with Gasteiger partial charge in [0.05, 0.1) is 18.2 Å². The zero-order valence-electron chi connectivity index (χ0n) is 14.5. The van der Waals surface area contributed by atoms with Crippen LogP contribution in [0.15, 0.2) is 24.3 Å². The van der Waals surface area contributed by atoms with Crippen molar-refractivity contribution in [2.75, 3.05) is 45.6 Å². The Bertz CT molecular complexity index is 551. The van der Waals surface area contributed by atoms with Crippen LogP contribution in [0.25, 0.3) is 0 Å². The highest BCUT2D eigenvalue weighted by Gasteiger charge is 2.36. The predicted octanol–water partition coefficient (Wildman–Crippen LogP) is 2.84. The molecule has 0 unspecified atom stereocenters. The van der Waals surface area contributed by atoms with E-state index in [-0.39, 0.29) is 0 Å². The summed E-state index contributed by atoms with van der Waals surface area (Å²) in [5, 5.41) is 9.56. The van der Waals surface area contributed by atoms with E-state index in [1.54, 1.807) is 12.1 Å². The molecule has 0 saturated carbocycles. The maximum atomic E-state index is 8.80. The Morgan fingerprint density at radius 3 is 2.62 bits per heavy atom. The van der Waals surface area contributed by atoms with Crippen molar-refractivity contribution in [3.63, 3.8) is 0 Å². The maximum absolute atomic E-state index is 8.80. The van der Waals surface area contributed by atoms with E-state index in [1.165, 1.54) is 39.0 Å². The molecule has 2 saturated heterocycles. The smallest absolute Gasteiger partial charge is 0.119 e. The molecule has 0 bridgehead atoms. The molecule has 1 aromatic rings. The molecular weight excluding hydrogens is 318 g/mol. The van der Waals surface area contributed by atoms with Gasteiger partial charge in [-0.2, -0.15) is 17.0 Å². The van der Waals surface area contributed by atoms with Crippen molar-refractivity contribution in [1.82, 2.24) is 9.80 Å². The highest BCUT2D eigenvalue weighted by atomic mass is 32.2. The molecule has 5 heteroatoms. The van der Waals surface area contributed by atoms with Gasteiger partial charge in [-0.15, -0.1) is 0 Å². The van der Waals surface area contributed by atoms with Gasteiger partial charge in [0.15, 0.2) is 0 Å². The second-order valence-electron chi connectivity index (χ2n) is 6.68. The van der Waals surface area contributed by atoms with Crippen molar-refractivity contribution in [3.8, 4) is 11.8 Å². The van der Waals surface area contributed by atoms with E-state index < -0.39 is 0 Å². The highest BCUT2D eigenvalue weighted by molar-refractivity contribution is 7.99. The van der Waals surface area contributed by atoms with Gasteiger partial charge in [0.25, 0.3) is 0 Å². The molecule has 0 aliphatic carbocycles. The van der Waals surface area contributed by atoms with E-state index in [0.717, 1.165) is 36.6 Å². The van der Waals surface area contributed by atoms with E-state index in [4.69, 9.17) is 10.00 Å². The Labute approximate surface area is 149 Å². The van der Waals surface area contributed by atoms with Crippen LogP contribution in [0.1, 0.15) is 24.8 Å². The Morgan fingerprint density at radius 1 is 1.21 bits per heavy atom. The minimum absolute atomic E-state index is 0.676. The summed E-state index contributed by atoms with van der Waals surface area (Å²) in [6.45, 7) is 6.84. The van der Waals surface area contributed by atoms with Gasteiger partial charge in [0, 0.05) is 30.9 Å². The summed E-state index contributed by atoms with van der Waals surface area (Å²) < 4.78 is 5.79. The monoisotopic (exact) mass is 345 g/mol. The molecule has 2 aliphatic heterocycles. The molecule has 1 aromatic carbocycles.